The second-order valence-electron chi connectivity index (χ2n) is 6.76. The second-order valence-corrected chi connectivity index (χ2v) is 6.76. The van der Waals surface area contributed by atoms with Crippen LogP contribution in [0, 0.1) is 0 Å². The molecule has 0 aliphatic heterocycles. The van der Waals surface area contributed by atoms with Gasteiger partial charge in [-0.15, -0.1) is 0 Å². The predicted octanol–water partition coefficient (Wildman–Crippen LogP) is 3.13. The fraction of sp³-hybridized carbons (Fsp3) is 0.217. The number of nitrogens with zero attached hydrogens (tertiary/aromatic N) is 1. The number of hydrogen-bond donors (Lipinski definition) is 3. The van der Waals surface area contributed by atoms with E-state index >= 15 is 0 Å². The van der Waals surface area contributed by atoms with Gasteiger partial charge in [0.05, 0.1) is 6.04 Å². The van der Waals surface area contributed by atoms with Crippen molar-refractivity contribution < 1.29 is 9.53 Å². The van der Waals surface area contributed by atoms with Gasteiger partial charge in [0.15, 0.2) is 12.6 Å². The van der Waals surface area contributed by atoms with E-state index < -0.39 is 5.91 Å². The Bertz CT molecular complexity index is 1010. The summed E-state index contributed by atoms with van der Waals surface area (Å²) in [6.07, 6.45) is 0. The molecule has 3 aromatic rings. The molecular weight excluding hydrogens is 364 g/mol. The van der Waals surface area contributed by atoms with Gasteiger partial charge in [-0.3, -0.25) is 9.79 Å². The van der Waals surface area contributed by atoms with Crippen molar-refractivity contribution in [2.45, 2.75) is 19.5 Å². The monoisotopic (exact) mass is 390 g/mol. The predicted molar refractivity (Wildman–Crippen MR) is 117 cm³/mol. The Morgan fingerprint density at radius 1 is 1.10 bits per heavy atom. The first-order valence-electron chi connectivity index (χ1n) is 9.51. The quantitative estimate of drug-likeness (QED) is 0.427. The summed E-state index contributed by atoms with van der Waals surface area (Å²) in [5.74, 6) is 0.810. The SMILES string of the molecule is CN=C(NCc1cccc(OCC(N)=O)c1)NC(C)c1cccc2ccccc12. The summed E-state index contributed by atoms with van der Waals surface area (Å²) in [4.78, 5) is 15.2. The van der Waals surface area contributed by atoms with Crippen LogP contribution in [0.25, 0.3) is 10.8 Å². The van der Waals surface area contributed by atoms with Gasteiger partial charge in [-0.25, -0.2) is 0 Å². The molecule has 4 N–H and O–H groups in total. The lowest BCUT2D eigenvalue weighted by Gasteiger charge is -2.20. The summed E-state index contributed by atoms with van der Waals surface area (Å²) in [5, 5.41) is 9.21. The number of nitrogens with one attached hydrogen (secondary N) is 2. The molecule has 1 unspecified atom stereocenters. The van der Waals surface area contributed by atoms with Crippen LogP contribution in [0.2, 0.25) is 0 Å². The van der Waals surface area contributed by atoms with Crippen LogP contribution in [0.15, 0.2) is 71.7 Å². The van der Waals surface area contributed by atoms with Gasteiger partial charge in [0.1, 0.15) is 5.75 Å². The van der Waals surface area contributed by atoms with Gasteiger partial charge < -0.3 is 21.1 Å². The number of primary amides is 1. The standard InChI is InChI=1S/C23H26N4O2/c1-16(20-12-6-9-18-8-3-4-11-21(18)20)27-23(25-2)26-14-17-7-5-10-19(13-17)29-15-22(24)28/h3-13,16H,14-15H2,1-2H3,(H2,24,28)(H2,25,26,27). The van der Waals surface area contributed by atoms with E-state index in [0.29, 0.717) is 18.3 Å². The number of fused-ring (bicyclic) bond motifs is 1. The van der Waals surface area contributed by atoms with Crippen molar-refractivity contribution in [1.29, 1.82) is 0 Å². The number of benzene rings is 3. The molecule has 0 aliphatic rings. The minimum Gasteiger partial charge on any atom is -0.484 e. The van der Waals surface area contributed by atoms with Gasteiger partial charge in [-0.2, -0.15) is 0 Å². The first-order valence-corrected chi connectivity index (χ1v) is 9.51. The average Bonchev–Trinajstić information content (AvgIpc) is 2.75. The molecule has 0 aromatic heterocycles. The number of ether oxygens (including phenoxy) is 1. The van der Waals surface area contributed by atoms with Crippen molar-refractivity contribution >= 4 is 22.6 Å². The maximum absolute atomic E-state index is 10.9. The molecule has 1 atom stereocenters. The van der Waals surface area contributed by atoms with Gasteiger partial charge in [0, 0.05) is 13.6 Å². The third kappa shape index (κ3) is 5.48. The highest BCUT2D eigenvalue weighted by Crippen LogP contribution is 2.24. The third-order valence-corrected chi connectivity index (χ3v) is 4.61. The number of rotatable bonds is 7. The Labute approximate surface area is 170 Å². The topological polar surface area (TPSA) is 88.7 Å². The van der Waals surface area contributed by atoms with Crippen molar-refractivity contribution in [2.24, 2.45) is 10.7 Å². The third-order valence-electron chi connectivity index (χ3n) is 4.61. The zero-order valence-electron chi connectivity index (χ0n) is 16.7. The maximum Gasteiger partial charge on any atom is 0.255 e. The number of aliphatic imine (C=N–C) groups is 1. The van der Waals surface area contributed by atoms with Crippen molar-refractivity contribution in [3.8, 4) is 5.75 Å². The van der Waals surface area contributed by atoms with E-state index in [1.54, 1.807) is 13.1 Å². The summed E-state index contributed by atoms with van der Waals surface area (Å²) in [6, 6.07) is 22.3. The molecule has 0 saturated carbocycles. The highest BCUT2D eigenvalue weighted by molar-refractivity contribution is 5.87. The Morgan fingerprint density at radius 3 is 2.66 bits per heavy atom. The second kappa shape index (κ2) is 9.59. The van der Waals surface area contributed by atoms with E-state index in [1.165, 1.54) is 16.3 Å². The van der Waals surface area contributed by atoms with E-state index in [-0.39, 0.29) is 12.6 Å². The van der Waals surface area contributed by atoms with E-state index in [4.69, 9.17) is 10.5 Å². The fourth-order valence-corrected chi connectivity index (χ4v) is 3.19. The lowest BCUT2D eigenvalue weighted by molar-refractivity contribution is -0.119. The fourth-order valence-electron chi connectivity index (χ4n) is 3.19. The van der Waals surface area contributed by atoms with Gasteiger partial charge >= 0.3 is 0 Å². The summed E-state index contributed by atoms with van der Waals surface area (Å²) in [5.41, 5.74) is 7.35. The van der Waals surface area contributed by atoms with Gasteiger partial charge in [-0.1, -0.05) is 54.6 Å². The van der Waals surface area contributed by atoms with Crippen LogP contribution in [-0.2, 0) is 11.3 Å². The zero-order valence-corrected chi connectivity index (χ0v) is 16.7. The molecule has 0 radical (unpaired) electrons. The van der Waals surface area contributed by atoms with Crippen LogP contribution in [0.1, 0.15) is 24.1 Å². The average molecular weight is 390 g/mol. The largest absolute Gasteiger partial charge is 0.484 e. The molecule has 3 aromatic carbocycles. The number of hydrogen-bond acceptors (Lipinski definition) is 3. The Balaban J connectivity index is 1.63. The first kappa shape index (κ1) is 20.2. The molecule has 150 valence electrons. The molecule has 3 rings (SSSR count). The van der Waals surface area contributed by atoms with Crippen LogP contribution in [0.5, 0.6) is 5.75 Å². The Hall–Kier alpha value is -3.54. The molecule has 6 heteroatoms. The minimum atomic E-state index is -0.499. The van der Waals surface area contributed by atoms with Crippen molar-refractivity contribution in [1.82, 2.24) is 10.6 Å². The number of carbonyl (C=O) groups is 1. The summed E-state index contributed by atoms with van der Waals surface area (Å²) in [6.45, 7) is 2.55. The lowest BCUT2D eigenvalue weighted by Crippen LogP contribution is -2.38. The van der Waals surface area contributed by atoms with Gasteiger partial charge in [0.2, 0.25) is 0 Å². The number of guanidine groups is 1. The molecule has 0 fully saturated rings. The molecule has 1 amide bonds. The summed E-state index contributed by atoms with van der Waals surface area (Å²) >= 11 is 0. The minimum absolute atomic E-state index is 0.0811. The van der Waals surface area contributed by atoms with E-state index in [9.17, 15) is 4.79 Å². The molecule has 0 heterocycles. The first-order chi connectivity index (χ1) is 14.1. The smallest absolute Gasteiger partial charge is 0.255 e. The molecule has 0 bridgehead atoms. The Morgan fingerprint density at radius 2 is 1.86 bits per heavy atom. The zero-order chi connectivity index (χ0) is 20.6. The van der Waals surface area contributed by atoms with Crippen molar-refractivity contribution in [3.05, 3.63) is 77.9 Å². The summed E-state index contributed by atoms with van der Waals surface area (Å²) in [7, 11) is 1.75. The molecule has 6 nitrogen and oxygen atoms in total. The van der Waals surface area contributed by atoms with Gasteiger partial charge in [-0.05, 0) is 41.0 Å². The van der Waals surface area contributed by atoms with Crippen LogP contribution in [0.4, 0.5) is 0 Å². The number of nitrogens with two attached hydrogens (primary N) is 1. The lowest BCUT2D eigenvalue weighted by atomic mass is 10.00. The highest BCUT2D eigenvalue weighted by Gasteiger charge is 2.11. The van der Waals surface area contributed by atoms with E-state index in [2.05, 4.69) is 58.9 Å². The highest BCUT2D eigenvalue weighted by atomic mass is 16.5. The molecule has 0 saturated heterocycles. The van der Waals surface area contributed by atoms with E-state index in [1.807, 2.05) is 24.3 Å². The molecular formula is C23H26N4O2. The van der Waals surface area contributed by atoms with Gasteiger partial charge in [0.25, 0.3) is 5.91 Å². The number of amides is 1. The van der Waals surface area contributed by atoms with E-state index in [0.717, 1.165) is 5.56 Å². The van der Waals surface area contributed by atoms with Crippen LogP contribution in [0.3, 0.4) is 0 Å². The van der Waals surface area contributed by atoms with Crippen LogP contribution >= 0.6 is 0 Å². The summed E-state index contributed by atoms with van der Waals surface area (Å²) < 4.78 is 5.36. The van der Waals surface area contributed by atoms with Crippen molar-refractivity contribution in [2.75, 3.05) is 13.7 Å². The van der Waals surface area contributed by atoms with Crippen LogP contribution in [-0.4, -0.2) is 25.5 Å². The van der Waals surface area contributed by atoms with Crippen LogP contribution < -0.4 is 21.1 Å². The normalized spacial score (nSPS) is 12.4. The Kier molecular flexibility index (Phi) is 6.68. The number of carbonyl (C=O) groups excluding carboxylic acids is 1. The molecule has 0 spiro atoms. The molecule has 0 aliphatic carbocycles. The maximum atomic E-state index is 10.9. The molecule has 29 heavy (non-hydrogen) atoms. The van der Waals surface area contributed by atoms with Crippen molar-refractivity contribution in [3.63, 3.8) is 0 Å².